The number of sulfonamides is 1. The van der Waals surface area contributed by atoms with Crippen LogP contribution in [0.1, 0.15) is 18.4 Å². The Morgan fingerprint density at radius 3 is 2.74 bits per heavy atom. The monoisotopic (exact) mass is 299 g/mol. The molecule has 2 rings (SSSR count). The molecule has 1 aliphatic carbocycles. The molecule has 0 radical (unpaired) electrons. The summed E-state index contributed by atoms with van der Waals surface area (Å²) >= 11 is 5.97. The number of rotatable bonds is 4. The van der Waals surface area contributed by atoms with Gasteiger partial charge in [0.1, 0.15) is 11.5 Å². The predicted octanol–water partition coefficient (Wildman–Crippen LogP) is 1.37. The van der Waals surface area contributed by atoms with Crippen molar-refractivity contribution in [1.82, 2.24) is 4.72 Å². The summed E-state index contributed by atoms with van der Waals surface area (Å²) in [5.41, 5.74) is 0.570. The first-order chi connectivity index (χ1) is 9.03. The third-order valence-electron chi connectivity index (χ3n) is 2.79. The lowest BCUT2D eigenvalue weighted by Crippen LogP contribution is -2.26. The van der Waals surface area contributed by atoms with Crippen LogP contribution in [0.4, 0.5) is 0 Å². The van der Waals surface area contributed by atoms with Crippen molar-refractivity contribution >= 4 is 21.6 Å². The first-order valence-corrected chi connectivity index (χ1v) is 7.78. The zero-order valence-corrected chi connectivity index (χ0v) is 11.8. The van der Waals surface area contributed by atoms with E-state index < -0.39 is 10.0 Å². The van der Waals surface area contributed by atoms with Crippen LogP contribution < -0.4 is 4.72 Å². The molecular formula is C13H14ClNO3S. The second kappa shape index (κ2) is 5.93. The smallest absolute Gasteiger partial charge is 0.242 e. The van der Waals surface area contributed by atoms with Gasteiger partial charge < -0.3 is 5.11 Å². The number of aliphatic hydroxyl groups is 1. The van der Waals surface area contributed by atoms with Crippen molar-refractivity contribution < 1.29 is 13.5 Å². The van der Waals surface area contributed by atoms with E-state index in [2.05, 4.69) is 16.6 Å². The molecule has 1 aliphatic rings. The Hall–Kier alpha value is -1.06. The molecule has 0 aromatic heterocycles. The third-order valence-corrected chi connectivity index (χ3v) is 4.70. The van der Waals surface area contributed by atoms with Gasteiger partial charge in [-0.15, -0.1) is 0 Å². The number of benzene rings is 1. The van der Waals surface area contributed by atoms with Crippen molar-refractivity contribution in [2.75, 3.05) is 13.2 Å². The molecule has 0 amide bonds. The minimum absolute atomic E-state index is 0.0596. The summed E-state index contributed by atoms with van der Waals surface area (Å²) in [6, 6.07) is 4.48. The maximum absolute atomic E-state index is 12.0. The van der Waals surface area contributed by atoms with Gasteiger partial charge in [-0.2, -0.15) is 0 Å². The van der Waals surface area contributed by atoms with Crippen molar-refractivity contribution in [2.45, 2.75) is 17.7 Å². The number of hydrogen-bond acceptors (Lipinski definition) is 3. The molecule has 0 saturated heterocycles. The van der Waals surface area contributed by atoms with Gasteiger partial charge >= 0.3 is 0 Å². The van der Waals surface area contributed by atoms with Crippen molar-refractivity contribution in [2.24, 2.45) is 5.92 Å². The van der Waals surface area contributed by atoms with E-state index in [0.717, 1.165) is 12.8 Å². The fourth-order valence-electron chi connectivity index (χ4n) is 1.57. The molecule has 0 bridgehead atoms. The normalized spacial score (nSPS) is 14.8. The molecule has 4 nitrogen and oxygen atoms in total. The minimum atomic E-state index is -3.56. The standard InChI is InChI=1S/C13H14ClNO3S/c14-12-8-10(2-1-7-16)5-6-13(12)19(17,18)15-9-11-3-4-11/h5-6,8,11,15-16H,3-4,7,9H2. The van der Waals surface area contributed by atoms with Gasteiger partial charge in [-0.25, -0.2) is 13.1 Å². The topological polar surface area (TPSA) is 66.4 Å². The zero-order chi connectivity index (χ0) is 13.9. The van der Waals surface area contributed by atoms with Gasteiger partial charge in [0, 0.05) is 12.1 Å². The highest BCUT2D eigenvalue weighted by atomic mass is 35.5. The maximum atomic E-state index is 12.0. The molecule has 0 unspecified atom stereocenters. The van der Waals surface area contributed by atoms with E-state index in [0.29, 0.717) is 18.0 Å². The lowest BCUT2D eigenvalue weighted by molar-refractivity contribution is 0.350. The minimum Gasteiger partial charge on any atom is -0.384 e. The van der Waals surface area contributed by atoms with E-state index in [1.807, 2.05) is 0 Å². The largest absolute Gasteiger partial charge is 0.384 e. The van der Waals surface area contributed by atoms with Crippen molar-refractivity contribution in [1.29, 1.82) is 0 Å². The van der Waals surface area contributed by atoms with Crippen LogP contribution in [0.25, 0.3) is 0 Å². The van der Waals surface area contributed by atoms with Crippen LogP contribution in [0.5, 0.6) is 0 Å². The van der Waals surface area contributed by atoms with Crippen molar-refractivity contribution in [3.63, 3.8) is 0 Å². The van der Waals surface area contributed by atoms with Crippen LogP contribution in [0.15, 0.2) is 23.1 Å². The molecular weight excluding hydrogens is 286 g/mol. The van der Waals surface area contributed by atoms with Crippen LogP contribution in [0, 0.1) is 17.8 Å². The van der Waals surface area contributed by atoms with E-state index in [1.54, 1.807) is 6.07 Å². The Morgan fingerprint density at radius 1 is 1.42 bits per heavy atom. The van der Waals surface area contributed by atoms with Crippen LogP contribution >= 0.6 is 11.6 Å². The molecule has 1 aromatic carbocycles. The fourth-order valence-corrected chi connectivity index (χ4v) is 3.22. The van der Waals surface area contributed by atoms with Gasteiger partial charge in [0.05, 0.1) is 5.02 Å². The summed E-state index contributed by atoms with van der Waals surface area (Å²) in [6.45, 7) is 0.214. The Labute approximate surface area is 117 Å². The highest BCUT2D eigenvalue weighted by Gasteiger charge is 2.25. The molecule has 0 heterocycles. The fraction of sp³-hybridized carbons (Fsp3) is 0.385. The van der Waals surface area contributed by atoms with E-state index in [1.165, 1.54) is 12.1 Å². The van der Waals surface area contributed by atoms with Crippen LogP contribution in [-0.4, -0.2) is 26.7 Å². The van der Waals surface area contributed by atoms with Crippen molar-refractivity contribution in [3.8, 4) is 11.8 Å². The lowest BCUT2D eigenvalue weighted by atomic mass is 10.2. The molecule has 0 aliphatic heterocycles. The average Bonchev–Trinajstić information content (AvgIpc) is 3.18. The summed E-state index contributed by atoms with van der Waals surface area (Å²) in [5, 5.41) is 8.73. The second-order valence-electron chi connectivity index (χ2n) is 4.40. The average molecular weight is 300 g/mol. The SMILES string of the molecule is O=S(=O)(NCC1CC1)c1ccc(C#CCO)cc1Cl. The third kappa shape index (κ3) is 3.95. The summed E-state index contributed by atoms with van der Waals surface area (Å²) in [5.74, 6) is 5.62. The van der Waals surface area contributed by atoms with Gasteiger partial charge in [-0.05, 0) is 37.0 Å². The molecule has 2 N–H and O–H groups in total. The molecule has 6 heteroatoms. The van der Waals surface area contributed by atoms with Crippen LogP contribution in [0.2, 0.25) is 5.02 Å². The van der Waals surface area contributed by atoms with Gasteiger partial charge in [0.25, 0.3) is 0 Å². The summed E-state index contributed by atoms with van der Waals surface area (Å²) in [6.07, 6.45) is 2.15. The molecule has 1 fully saturated rings. The Balaban J connectivity index is 2.19. The molecule has 1 saturated carbocycles. The quantitative estimate of drug-likeness (QED) is 0.825. The molecule has 19 heavy (non-hydrogen) atoms. The summed E-state index contributed by atoms with van der Waals surface area (Å²) in [4.78, 5) is 0.0596. The molecule has 1 aromatic rings. The Kier molecular flexibility index (Phi) is 4.48. The number of halogens is 1. The molecule has 0 atom stereocenters. The molecule has 102 valence electrons. The first kappa shape index (κ1) is 14.4. The number of hydrogen-bond donors (Lipinski definition) is 2. The predicted molar refractivity (Wildman–Crippen MR) is 73.3 cm³/mol. The number of aliphatic hydroxyl groups excluding tert-OH is 1. The van der Waals surface area contributed by atoms with Crippen LogP contribution in [0.3, 0.4) is 0 Å². The Bertz CT molecular complexity index is 627. The molecule has 0 spiro atoms. The van der Waals surface area contributed by atoms with Crippen LogP contribution in [-0.2, 0) is 10.0 Å². The summed E-state index contributed by atoms with van der Waals surface area (Å²) in [7, 11) is -3.56. The Morgan fingerprint density at radius 2 is 2.16 bits per heavy atom. The first-order valence-electron chi connectivity index (χ1n) is 5.92. The van der Waals surface area contributed by atoms with Gasteiger partial charge in [-0.1, -0.05) is 23.4 Å². The van der Waals surface area contributed by atoms with Gasteiger partial charge in [0.2, 0.25) is 10.0 Å². The van der Waals surface area contributed by atoms with Crippen molar-refractivity contribution in [3.05, 3.63) is 28.8 Å². The van der Waals surface area contributed by atoms with E-state index >= 15 is 0 Å². The second-order valence-corrected chi connectivity index (χ2v) is 6.54. The van der Waals surface area contributed by atoms with E-state index in [4.69, 9.17) is 16.7 Å². The maximum Gasteiger partial charge on any atom is 0.242 e. The zero-order valence-electron chi connectivity index (χ0n) is 10.2. The van der Waals surface area contributed by atoms with Gasteiger partial charge in [-0.3, -0.25) is 0 Å². The van der Waals surface area contributed by atoms with Gasteiger partial charge in [0.15, 0.2) is 0 Å². The lowest BCUT2D eigenvalue weighted by Gasteiger charge is -2.08. The highest BCUT2D eigenvalue weighted by Crippen LogP contribution is 2.29. The highest BCUT2D eigenvalue weighted by molar-refractivity contribution is 7.89. The summed E-state index contributed by atoms with van der Waals surface area (Å²) < 4.78 is 26.6. The van der Waals surface area contributed by atoms with E-state index in [9.17, 15) is 8.42 Å². The number of nitrogens with one attached hydrogen (secondary N) is 1. The van der Waals surface area contributed by atoms with E-state index in [-0.39, 0.29) is 16.5 Å².